The Morgan fingerprint density at radius 3 is 2.51 bits per heavy atom. The van der Waals surface area contributed by atoms with Gasteiger partial charge in [0.2, 0.25) is 21.8 Å². The smallest absolute Gasteiger partial charge is 0.244 e. The van der Waals surface area contributed by atoms with Crippen molar-refractivity contribution in [1.29, 1.82) is 5.26 Å². The molecule has 1 saturated heterocycles. The number of carbonyl (C=O) groups excluding carboxylic acids is 2. The van der Waals surface area contributed by atoms with E-state index in [9.17, 15) is 22.4 Å². The molecule has 0 spiro atoms. The number of carbonyl (C=O) groups is 2. The number of nitrogens with one attached hydrogen (secondary N) is 2. The Morgan fingerprint density at radius 2 is 1.90 bits per heavy atom. The van der Waals surface area contributed by atoms with Gasteiger partial charge in [0.1, 0.15) is 23.4 Å². The van der Waals surface area contributed by atoms with E-state index in [-0.39, 0.29) is 18.3 Å². The number of ether oxygens (including phenoxy) is 2. The lowest BCUT2D eigenvalue weighted by Gasteiger charge is -2.34. The predicted molar refractivity (Wildman–Crippen MR) is 143 cm³/mol. The number of piperidine rings is 1. The Balaban J connectivity index is 1.63. The van der Waals surface area contributed by atoms with Crippen LogP contribution in [-0.2, 0) is 19.6 Å². The lowest BCUT2D eigenvalue weighted by molar-refractivity contribution is -0.121. The van der Waals surface area contributed by atoms with Crippen LogP contribution in [0.2, 0.25) is 0 Å². The number of likely N-dealkylation sites (tertiary alicyclic amines) is 1. The van der Waals surface area contributed by atoms with Gasteiger partial charge in [0.15, 0.2) is 0 Å². The van der Waals surface area contributed by atoms with Gasteiger partial charge in [0.25, 0.3) is 0 Å². The van der Waals surface area contributed by atoms with Crippen LogP contribution >= 0.6 is 0 Å². The summed E-state index contributed by atoms with van der Waals surface area (Å²) in [6.07, 6.45) is 4.71. The van der Waals surface area contributed by atoms with E-state index in [1.807, 2.05) is 10.8 Å². The van der Waals surface area contributed by atoms with Crippen molar-refractivity contribution in [2.75, 3.05) is 33.0 Å². The summed E-state index contributed by atoms with van der Waals surface area (Å²) < 4.78 is 49.3. The third-order valence-electron chi connectivity index (χ3n) is 5.98. The number of rotatable bonds is 11. The largest absolute Gasteiger partial charge is 0.496 e. The van der Waals surface area contributed by atoms with Crippen molar-refractivity contribution in [2.24, 2.45) is 0 Å². The number of amides is 2. The molecule has 1 atom stereocenters. The summed E-state index contributed by atoms with van der Waals surface area (Å²) in [5, 5.41) is 11.9. The molecule has 39 heavy (non-hydrogen) atoms. The van der Waals surface area contributed by atoms with Gasteiger partial charge in [-0.15, -0.1) is 0 Å². The zero-order chi connectivity index (χ0) is 28.4. The fraction of sp³-hybridized carbons (Fsp3) is 0.370. The fourth-order valence-electron chi connectivity index (χ4n) is 4.21. The monoisotopic (exact) mass is 558 g/mol. The molecule has 0 unspecified atom stereocenters. The van der Waals surface area contributed by atoms with Crippen LogP contribution in [0.15, 0.2) is 48.5 Å². The van der Waals surface area contributed by atoms with Crippen LogP contribution in [0.1, 0.15) is 30.4 Å². The molecule has 1 aliphatic heterocycles. The van der Waals surface area contributed by atoms with Gasteiger partial charge in [0, 0.05) is 37.7 Å². The van der Waals surface area contributed by atoms with Crippen LogP contribution in [0.5, 0.6) is 11.5 Å². The summed E-state index contributed by atoms with van der Waals surface area (Å²) in [5.74, 6) is -0.500. The summed E-state index contributed by atoms with van der Waals surface area (Å²) in [5.41, 5.74) is 0.930. The zero-order valence-corrected chi connectivity index (χ0v) is 22.5. The molecule has 1 fully saturated rings. The van der Waals surface area contributed by atoms with Gasteiger partial charge in [-0.1, -0.05) is 0 Å². The van der Waals surface area contributed by atoms with Crippen LogP contribution in [0.25, 0.3) is 6.08 Å². The first-order valence-electron chi connectivity index (χ1n) is 12.3. The molecule has 2 amide bonds. The number of sulfonamides is 1. The van der Waals surface area contributed by atoms with Crippen molar-refractivity contribution < 1.29 is 31.9 Å². The Kier molecular flexibility index (Phi) is 10.4. The van der Waals surface area contributed by atoms with Crippen molar-refractivity contribution in [1.82, 2.24) is 14.9 Å². The number of nitriles is 1. The maximum Gasteiger partial charge on any atom is 0.244 e. The molecule has 0 saturated carbocycles. The van der Waals surface area contributed by atoms with Crippen LogP contribution in [0, 0.1) is 17.1 Å². The van der Waals surface area contributed by atoms with E-state index in [0.717, 1.165) is 6.26 Å². The van der Waals surface area contributed by atoms with E-state index in [1.54, 1.807) is 30.3 Å². The van der Waals surface area contributed by atoms with E-state index in [1.165, 1.54) is 31.4 Å². The van der Waals surface area contributed by atoms with Gasteiger partial charge in [-0.2, -0.15) is 5.26 Å². The zero-order valence-electron chi connectivity index (χ0n) is 21.7. The molecule has 3 rings (SSSR count). The highest BCUT2D eigenvalue weighted by Gasteiger charge is 2.25. The highest BCUT2D eigenvalue weighted by Crippen LogP contribution is 2.22. The van der Waals surface area contributed by atoms with Gasteiger partial charge in [-0.05, 0) is 61.4 Å². The second-order valence-corrected chi connectivity index (χ2v) is 10.9. The first-order valence-corrected chi connectivity index (χ1v) is 14.2. The number of hydrogen-bond acceptors (Lipinski definition) is 8. The minimum atomic E-state index is -3.75. The highest BCUT2D eigenvalue weighted by molar-refractivity contribution is 7.89. The Hall–Kier alpha value is -3.95. The van der Waals surface area contributed by atoms with Gasteiger partial charge in [0.05, 0.1) is 31.0 Å². The fourth-order valence-corrected chi connectivity index (χ4v) is 4.71. The highest BCUT2D eigenvalue weighted by atomic mass is 32.2. The third-order valence-corrected chi connectivity index (χ3v) is 6.58. The molecule has 1 heterocycles. The molecular weight excluding hydrogens is 527 g/mol. The molecule has 1 aliphatic rings. The number of methoxy groups -OCH3 is 1. The van der Waals surface area contributed by atoms with Gasteiger partial charge in [-0.3, -0.25) is 14.3 Å². The van der Waals surface area contributed by atoms with E-state index < -0.39 is 27.9 Å². The van der Waals surface area contributed by atoms with Gasteiger partial charge < -0.3 is 19.7 Å². The standard InChI is InChI=1S/C27H31FN4O6S/c1-37-25-9-3-19(17-29)15-20(25)4-10-26(33)30-22(16-27(34)31-39(2,35)36)18-32-13-11-24(12-14-32)38-23-7-5-21(28)6-8-23/h3-10,15,22,24H,11-14,16,18H2,1-2H3,(H,30,33)(H,31,34)/b10-4+/t22-/m1/s1. The summed E-state index contributed by atoms with van der Waals surface area (Å²) in [6.45, 7) is 1.56. The predicted octanol–water partition coefficient (Wildman–Crippen LogP) is 2.21. The van der Waals surface area contributed by atoms with Crippen LogP contribution in [-0.4, -0.2) is 70.3 Å². The summed E-state index contributed by atoms with van der Waals surface area (Å²) in [7, 11) is -2.28. The van der Waals surface area contributed by atoms with Crippen LogP contribution in [0.3, 0.4) is 0 Å². The molecule has 12 heteroatoms. The van der Waals surface area contributed by atoms with Gasteiger partial charge >= 0.3 is 0 Å². The first kappa shape index (κ1) is 29.6. The van der Waals surface area contributed by atoms with Gasteiger partial charge in [-0.25, -0.2) is 12.8 Å². The molecule has 0 radical (unpaired) electrons. The van der Waals surface area contributed by atoms with E-state index in [4.69, 9.17) is 14.7 Å². The normalized spacial score (nSPS) is 15.3. The van der Waals surface area contributed by atoms with Crippen molar-refractivity contribution in [3.05, 3.63) is 65.5 Å². The van der Waals surface area contributed by atoms with E-state index in [0.29, 0.717) is 55.1 Å². The Bertz CT molecular complexity index is 1330. The number of benzene rings is 2. The molecule has 208 valence electrons. The van der Waals surface area contributed by atoms with Crippen molar-refractivity contribution >= 4 is 27.9 Å². The molecule has 0 aliphatic carbocycles. The second-order valence-electron chi connectivity index (χ2n) is 9.18. The minimum absolute atomic E-state index is 0.0598. The molecule has 0 aromatic heterocycles. The summed E-state index contributed by atoms with van der Waals surface area (Å²) in [6, 6.07) is 12.0. The van der Waals surface area contributed by atoms with Crippen molar-refractivity contribution in [2.45, 2.75) is 31.4 Å². The maximum absolute atomic E-state index is 13.1. The Labute approximate surface area is 227 Å². The number of hydrogen-bond donors (Lipinski definition) is 2. The average molecular weight is 559 g/mol. The van der Waals surface area contributed by atoms with Crippen molar-refractivity contribution in [3.63, 3.8) is 0 Å². The first-order chi connectivity index (χ1) is 18.5. The van der Waals surface area contributed by atoms with Crippen LogP contribution in [0.4, 0.5) is 4.39 Å². The SMILES string of the molecule is COc1ccc(C#N)cc1/C=C/C(=O)N[C@H](CC(=O)NS(C)(=O)=O)CN1CCC(Oc2ccc(F)cc2)CC1. The number of halogens is 1. The molecule has 10 nitrogen and oxygen atoms in total. The quantitative estimate of drug-likeness (QED) is 0.401. The maximum atomic E-state index is 13.1. The molecular formula is C27H31FN4O6S. The summed E-state index contributed by atoms with van der Waals surface area (Å²) >= 11 is 0. The molecule has 0 bridgehead atoms. The third kappa shape index (κ3) is 10.0. The Morgan fingerprint density at radius 1 is 1.21 bits per heavy atom. The topological polar surface area (TPSA) is 138 Å². The number of nitrogens with zero attached hydrogens (tertiary/aromatic N) is 2. The molecule has 2 aromatic carbocycles. The minimum Gasteiger partial charge on any atom is -0.496 e. The second kappa shape index (κ2) is 13.7. The summed E-state index contributed by atoms with van der Waals surface area (Å²) in [4.78, 5) is 27.1. The van der Waals surface area contributed by atoms with E-state index >= 15 is 0 Å². The average Bonchev–Trinajstić information content (AvgIpc) is 2.88. The van der Waals surface area contributed by atoms with E-state index in [2.05, 4.69) is 10.2 Å². The van der Waals surface area contributed by atoms with Crippen molar-refractivity contribution in [3.8, 4) is 17.6 Å². The molecule has 2 N–H and O–H groups in total. The molecule has 2 aromatic rings. The lowest BCUT2D eigenvalue weighted by Crippen LogP contribution is -2.49. The van der Waals surface area contributed by atoms with Crippen LogP contribution < -0.4 is 19.5 Å². The lowest BCUT2D eigenvalue weighted by atomic mass is 10.1.